The van der Waals surface area contributed by atoms with Crippen LogP contribution < -0.4 is 10.2 Å². The summed E-state index contributed by atoms with van der Waals surface area (Å²) in [6.07, 6.45) is 1.94. The Kier molecular flexibility index (Phi) is 6.67. The summed E-state index contributed by atoms with van der Waals surface area (Å²) in [5.74, 6) is -0.275. The van der Waals surface area contributed by atoms with Gasteiger partial charge in [0.15, 0.2) is 0 Å². The average molecular weight is 486 g/mol. The fourth-order valence-corrected chi connectivity index (χ4v) is 5.42. The van der Waals surface area contributed by atoms with Gasteiger partial charge in [0.05, 0.1) is 4.92 Å². The standard InChI is InChI=1S/C29H31N3O4/c1-5-9-26(33)31-25-17-14-22(30-27(34)20-12-15-23(16-13-20)32(35)36)18-24(25)29(4,19-28(31,2)3)21-10-7-6-8-11-21/h6-8,10-18H,5,9,19H2,1-4H3,(H,30,34). The molecule has 1 aliphatic heterocycles. The first-order chi connectivity index (χ1) is 17.1. The van der Waals surface area contributed by atoms with Crippen molar-refractivity contribution in [3.63, 3.8) is 0 Å². The van der Waals surface area contributed by atoms with Crippen molar-refractivity contribution >= 4 is 28.9 Å². The topological polar surface area (TPSA) is 92.6 Å². The highest BCUT2D eigenvalue weighted by molar-refractivity contribution is 6.05. The molecule has 0 fully saturated rings. The highest BCUT2D eigenvalue weighted by atomic mass is 16.6. The van der Waals surface area contributed by atoms with E-state index in [0.717, 1.165) is 23.2 Å². The van der Waals surface area contributed by atoms with Crippen LogP contribution in [0.25, 0.3) is 0 Å². The number of hydrogen-bond acceptors (Lipinski definition) is 4. The number of nitrogens with zero attached hydrogens (tertiary/aromatic N) is 2. The van der Waals surface area contributed by atoms with Crippen LogP contribution in [0.2, 0.25) is 0 Å². The number of carbonyl (C=O) groups is 2. The molecule has 0 spiro atoms. The van der Waals surface area contributed by atoms with Gasteiger partial charge in [0.25, 0.3) is 11.6 Å². The van der Waals surface area contributed by atoms with Gasteiger partial charge in [-0.15, -0.1) is 0 Å². The molecule has 1 N–H and O–H groups in total. The third-order valence-electron chi connectivity index (χ3n) is 6.95. The molecule has 0 saturated carbocycles. The quantitative estimate of drug-likeness (QED) is 0.320. The largest absolute Gasteiger partial charge is 0.322 e. The minimum absolute atomic E-state index is 0.0709. The molecule has 1 aliphatic rings. The van der Waals surface area contributed by atoms with Crippen molar-refractivity contribution in [1.82, 2.24) is 0 Å². The van der Waals surface area contributed by atoms with E-state index in [9.17, 15) is 19.7 Å². The van der Waals surface area contributed by atoms with Gasteiger partial charge in [-0.05, 0) is 68.1 Å². The molecule has 0 saturated heterocycles. The molecule has 1 heterocycles. The Labute approximate surface area is 211 Å². The molecule has 186 valence electrons. The summed E-state index contributed by atoms with van der Waals surface area (Å²) in [6, 6.07) is 21.4. The lowest BCUT2D eigenvalue weighted by molar-refractivity contribution is -0.384. The second-order valence-corrected chi connectivity index (χ2v) is 10.2. The van der Waals surface area contributed by atoms with Crippen molar-refractivity contribution in [2.75, 3.05) is 10.2 Å². The number of nitrogens with one attached hydrogen (secondary N) is 1. The van der Waals surface area contributed by atoms with E-state index >= 15 is 0 Å². The number of amides is 2. The van der Waals surface area contributed by atoms with E-state index < -0.39 is 15.9 Å². The summed E-state index contributed by atoms with van der Waals surface area (Å²) in [5.41, 5.74) is 3.01. The van der Waals surface area contributed by atoms with Gasteiger partial charge in [0.2, 0.25) is 5.91 Å². The number of nitro groups is 1. The Morgan fingerprint density at radius 1 is 1.00 bits per heavy atom. The first kappa shape index (κ1) is 25.1. The van der Waals surface area contributed by atoms with Crippen LogP contribution in [0.15, 0.2) is 72.8 Å². The van der Waals surface area contributed by atoms with Crippen molar-refractivity contribution in [3.8, 4) is 0 Å². The van der Waals surface area contributed by atoms with Crippen LogP contribution in [0.1, 0.15) is 68.4 Å². The van der Waals surface area contributed by atoms with E-state index in [1.807, 2.05) is 42.2 Å². The maximum absolute atomic E-state index is 13.3. The normalized spacial score (nSPS) is 18.3. The van der Waals surface area contributed by atoms with Gasteiger partial charge < -0.3 is 10.2 Å². The van der Waals surface area contributed by atoms with E-state index in [-0.39, 0.29) is 17.5 Å². The number of non-ortho nitro benzene ring substituents is 1. The zero-order valence-electron chi connectivity index (χ0n) is 21.1. The van der Waals surface area contributed by atoms with Gasteiger partial charge in [0, 0.05) is 46.4 Å². The summed E-state index contributed by atoms with van der Waals surface area (Å²) in [4.78, 5) is 38.5. The summed E-state index contributed by atoms with van der Waals surface area (Å²) in [7, 11) is 0. The number of rotatable bonds is 6. The van der Waals surface area contributed by atoms with Crippen molar-refractivity contribution in [3.05, 3.63) is 99.6 Å². The highest BCUT2D eigenvalue weighted by Gasteiger charge is 2.47. The lowest BCUT2D eigenvalue weighted by atomic mass is 9.65. The van der Waals surface area contributed by atoms with E-state index in [1.54, 1.807) is 6.07 Å². The molecule has 1 unspecified atom stereocenters. The monoisotopic (exact) mass is 485 g/mol. The second kappa shape index (κ2) is 9.57. The van der Waals surface area contributed by atoms with Crippen LogP contribution in [0.3, 0.4) is 0 Å². The summed E-state index contributed by atoms with van der Waals surface area (Å²) in [5, 5.41) is 13.8. The van der Waals surface area contributed by atoms with E-state index in [1.165, 1.54) is 24.3 Å². The molecule has 0 aromatic heterocycles. The van der Waals surface area contributed by atoms with Crippen LogP contribution in [0, 0.1) is 10.1 Å². The van der Waals surface area contributed by atoms with E-state index in [4.69, 9.17) is 0 Å². The number of nitro benzene ring substituents is 1. The van der Waals surface area contributed by atoms with Crippen molar-refractivity contribution in [1.29, 1.82) is 0 Å². The van der Waals surface area contributed by atoms with Crippen LogP contribution in [0.4, 0.5) is 17.1 Å². The van der Waals surface area contributed by atoms with Crippen molar-refractivity contribution in [2.45, 2.75) is 57.9 Å². The zero-order chi connectivity index (χ0) is 26.1. The molecule has 1 atom stereocenters. The molecule has 0 aliphatic carbocycles. The molecular formula is C29H31N3O4. The van der Waals surface area contributed by atoms with E-state index in [0.29, 0.717) is 24.1 Å². The third-order valence-corrected chi connectivity index (χ3v) is 6.95. The fourth-order valence-electron chi connectivity index (χ4n) is 5.42. The van der Waals surface area contributed by atoms with Crippen molar-refractivity contribution < 1.29 is 14.5 Å². The fraction of sp³-hybridized carbons (Fsp3) is 0.310. The second-order valence-electron chi connectivity index (χ2n) is 10.2. The Hall–Kier alpha value is -4.00. The summed E-state index contributed by atoms with van der Waals surface area (Å²) < 4.78 is 0. The van der Waals surface area contributed by atoms with Gasteiger partial charge >= 0.3 is 0 Å². The van der Waals surface area contributed by atoms with Crippen LogP contribution in [-0.2, 0) is 10.2 Å². The number of hydrogen-bond donors (Lipinski definition) is 1. The Morgan fingerprint density at radius 3 is 2.28 bits per heavy atom. The molecule has 3 aromatic carbocycles. The van der Waals surface area contributed by atoms with Gasteiger partial charge in [-0.2, -0.15) is 0 Å². The molecule has 3 aromatic rings. The molecule has 7 heteroatoms. The number of fused-ring (bicyclic) bond motifs is 1. The molecule has 36 heavy (non-hydrogen) atoms. The zero-order valence-corrected chi connectivity index (χ0v) is 21.1. The minimum Gasteiger partial charge on any atom is -0.322 e. The lowest BCUT2D eigenvalue weighted by Gasteiger charge is -2.51. The first-order valence-electron chi connectivity index (χ1n) is 12.2. The molecule has 2 amide bonds. The van der Waals surface area contributed by atoms with Gasteiger partial charge in [-0.25, -0.2) is 0 Å². The van der Waals surface area contributed by atoms with Crippen LogP contribution in [-0.4, -0.2) is 22.3 Å². The van der Waals surface area contributed by atoms with Gasteiger partial charge in [-0.1, -0.05) is 44.2 Å². The predicted octanol–water partition coefficient (Wildman–Crippen LogP) is 6.47. The Bertz CT molecular complexity index is 1300. The van der Waals surface area contributed by atoms with E-state index in [2.05, 4.69) is 38.2 Å². The average Bonchev–Trinajstić information content (AvgIpc) is 2.84. The van der Waals surface area contributed by atoms with Crippen LogP contribution in [0.5, 0.6) is 0 Å². The van der Waals surface area contributed by atoms with Gasteiger partial charge in [0.1, 0.15) is 0 Å². The lowest BCUT2D eigenvalue weighted by Crippen LogP contribution is -2.55. The first-order valence-corrected chi connectivity index (χ1v) is 12.2. The number of carbonyl (C=O) groups excluding carboxylic acids is 2. The molecule has 0 radical (unpaired) electrons. The van der Waals surface area contributed by atoms with Crippen molar-refractivity contribution in [2.24, 2.45) is 0 Å². The molecule has 0 bridgehead atoms. The molecule has 7 nitrogen and oxygen atoms in total. The van der Waals surface area contributed by atoms with Gasteiger partial charge in [-0.3, -0.25) is 19.7 Å². The maximum Gasteiger partial charge on any atom is 0.269 e. The summed E-state index contributed by atoms with van der Waals surface area (Å²) in [6.45, 7) is 8.40. The number of anilines is 2. The Balaban J connectivity index is 1.77. The predicted molar refractivity (Wildman–Crippen MR) is 141 cm³/mol. The maximum atomic E-state index is 13.3. The Morgan fingerprint density at radius 2 is 1.67 bits per heavy atom. The molecular weight excluding hydrogens is 454 g/mol. The third kappa shape index (κ3) is 4.61. The molecule has 4 rings (SSSR count). The highest BCUT2D eigenvalue weighted by Crippen LogP contribution is 2.51. The summed E-state index contributed by atoms with van der Waals surface area (Å²) >= 11 is 0. The smallest absolute Gasteiger partial charge is 0.269 e. The minimum atomic E-state index is -0.497. The SMILES string of the molecule is CCCC(=O)N1c2ccc(NC(=O)c3ccc([N+](=O)[O-])cc3)cc2C(C)(c2ccccc2)CC1(C)C. The number of benzene rings is 3. The van der Waals surface area contributed by atoms with Crippen LogP contribution >= 0.6 is 0 Å².